The number of carbonyl (C=O) groups excluding carboxylic acids is 3. The summed E-state index contributed by atoms with van der Waals surface area (Å²) in [5.74, 6) is -0.744. The molecule has 2 fully saturated rings. The molecule has 0 saturated carbocycles. The summed E-state index contributed by atoms with van der Waals surface area (Å²) in [6.07, 6.45) is 3.64. The van der Waals surface area contributed by atoms with Crippen LogP contribution in [0.4, 0.5) is 5.69 Å². The minimum atomic E-state index is -0.658. The number of aliphatic hydroxyl groups is 1. The predicted molar refractivity (Wildman–Crippen MR) is 167 cm³/mol. The Kier molecular flexibility index (Phi) is 12.5. The van der Waals surface area contributed by atoms with Gasteiger partial charge in [-0.25, -0.2) is 5.48 Å². The number of likely N-dealkylation sites (tertiary alicyclic amines) is 1. The van der Waals surface area contributed by atoms with Gasteiger partial charge in [0.05, 0.1) is 18.8 Å². The van der Waals surface area contributed by atoms with Gasteiger partial charge in [0.25, 0.3) is 0 Å². The number of nitrogens with one attached hydrogen (secondary N) is 2. The Morgan fingerprint density at radius 3 is 2.24 bits per heavy atom. The number of nitrogens with zero attached hydrogens (tertiary/aromatic N) is 1. The van der Waals surface area contributed by atoms with Gasteiger partial charge in [-0.3, -0.25) is 24.5 Å². The molecule has 2 saturated heterocycles. The first-order valence-corrected chi connectivity index (χ1v) is 15.8. The largest absolute Gasteiger partial charge is 0.459 e. The first-order chi connectivity index (χ1) is 21.5. The molecule has 4 N–H and O–H groups in total. The molecule has 4 rings (SSSR count). The first-order valence-electron chi connectivity index (χ1n) is 15.8. The molecule has 2 heterocycles. The molecule has 11 nitrogen and oxygen atoms in total. The molecule has 2 aromatic rings. The van der Waals surface area contributed by atoms with Gasteiger partial charge in [0, 0.05) is 37.1 Å². The molecule has 2 aliphatic heterocycles. The van der Waals surface area contributed by atoms with E-state index in [9.17, 15) is 19.5 Å². The number of amides is 2. The van der Waals surface area contributed by atoms with Crippen molar-refractivity contribution in [2.75, 3.05) is 18.4 Å². The van der Waals surface area contributed by atoms with Crippen molar-refractivity contribution in [1.82, 2.24) is 10.4 Å². The number of benzene rings is 2. The van der Waals surface area contributed by atoms with Gasteiger partial charge in [-0.2, -0.15) is 0 Å². The number of hydrogen-bond donors (Lipinski definition) is 4. The smallest absolute Gasteiger partial charge is 0.323 e. The van der Waals surface area contributed by atoms with Gasteiger partial charge in [0.15, 0.2) is 6.29 Å². The van der Waals surface area contributed by atoms with Gasteiger partial charge >= 0.3 is 5.97 Å². The molecule has 2 aliphatic rings. The summed E-state index contributed by atoms with van der Waals surface area (Å²) in [4.78, 5) is 38.7. The van der Waals surface area contributed by atoms with Crippen molar-refractivity contribution in [3.05, 3.63) is 65.2 Å². The van der Waals surface area contributed by atoms with Gasteiger partial charge in [-0.15, -0.1) is 0 Å². The van der Waals surface area contributed by atoms with Crippen molar-refractivity contribution in [1.29, 1.82) is 0 Å². The highest BCUT2D eigenvalue weighted by atomic mass is 16.7. The number of ether oxygens (including phenoxy) is 3. The van der Waals surface area contributed by atoms with E-state index in [0.717, 1.165) is 36.1 Å². The maximum Gasteiger partial charge on any atom is 0.323 e. The summed E-state index contributed by atoms with van der Waals surface area (Å²) < 4.78 is 18.7. The minimum Gasteiger partial charge on any atom is -0.459 e. The van der Waals surface area contributed by atoms with E-state index in [-0.39, 0.29) is 43.2 Å². The Morgan fingerprint density at radius 2 is 1.60 bits per heavy atom. The Hall–Kier alpha value is -3.35. The first kappa shape index (κ1) is 34.5. The highest BCUT2D eigenvalue weighted by molar-refractivity contribution is 5.90. The molecule has 246 valence electrons. The SMILES string of the molecule is CC(C)(C)OC(=O)[C@@H]1CCCN1C[C@@H]1C[C@H](c2ccc(CO)cc2)O[C@H](c2ccc(NC(=O)CCCCCC(=O)NO)cc2)O1. The van der Waals surface area contributed by atoms with Crippen molar-refractivity contribution in [2.24, 2.45) is 0 Å². The fourth-order valence-corrected chi connectivity index (χ4v) is 5.73. The normalized spacial score (nSPS) is 22.2. The maximum atomic E-state index is 13.0. The predicted octanol–water partition coefficient (Wildman–Crippen LogP) is 4.92. The summed E-state index contributed by atoms with van der Waals surface area (Å²) in [5.41, 5.74) is 4.32. The maximum absolute atomic E-state index is 13.0. The fraction of sp³-hybridized carbons (Fsp3) is 0.559. The molecule has 4 atom stereocenters. The van der Waals surface area contributed by atoms with E-state index in [1.54, 1.807) is 5.48 Å². The summed E-state index contributed by atoms with van der Waals surface area (Å²) in [7, 11) is 0. The van der Waals surface area contributed by atoms with Crippen LogP contribution in [-0.2, 0) is 35.2 Å². The summed E-state index contributed by atoms with van der Waals surface area (Å²) in [6, 6.07) is 14.8. The number of hydroxylamine groups is 1. The lowest BCUT2D eigenvalue weighted by Gasteiger charge is -2.38. The van der Waals surface area contributed by atoms with Crippen LogP contribution in [0.15, 0.2) is 48.5 Å². The molecule has 0 spiro atoms. The number of anilines is 1. The van der Waals surface area contributed by atoms with E-state index in [0.29, 0.717) is 44.3 Å². The van der Waals surface area contributed by atoms with Crippen molar-refractivity contribution < 1.29 is 38.9 Å². The van der Waals surface area contributed by atoms with Gasteiger partial charge in [0.2, 0.25) is 11.8 Å². The van der Waals surface area contributed by atoms with Crippen LogP contribution in [0.1, 0.15) is 101 Å². The van der Waals surface area contributed by atoms with E-state index in [2.05, 4.69) is 10.2 Å². The van der Waals surface area contributed by atoms with Gasteiger partial charge < -0.3 is 24.6 Å². The Bertz CT molecular complexity index is 1260. The third-order valence-corrected chi connectivity index (χ3v) is 7.99. The Morgan fingerprint density at radius 1 is 0.933 bits per heavy atom. The van der Waals surface area contributed by atoms with E-state index in [1.165, 1.54) is 0 Å². The zero-order valence-electron chi connectivity index (χ0n) is 26.5. The molecule has 0 aliphatic carbocycles. The van der Waals surface area contributed by atoms with Crippen LogP contribution in [-0.4, -0.2) is 63.8 Å². The second-order valence-corrected chi connectivity index (χ2v) is 12.8. The van der Waals surface area contributed by atoms with Crippen LogP contribution in [0.5, 0.6) is 0 Å². The lowest BCUT2D eigenvalue weighted by molar-refractivity contribution is -0.253. The number of carbonyl (C=O) groups is 3. The molecule has 0 radical (unpaired) electrons. The molecule has 2 amide bonds. The topological polar surface area (TPSA) is 147 Å². The van der Waals surface area contributed by atoms with Crippen molar-refractivity contribution in [3.63, 3.8) is 0 Å². The van der Waals surface area contributed by atoms with Crippen LogP contribution < -0.4 is 10.8 Å². The molecule has 0 bridgehead atoms. The van der Waals surface area contributed by atoms with Gasteiger partial charge in [-0.1, -0.05) is 42.8 Å². The minimum absolute atomic E-state index is 0.0343. The van der Waals surface area contributed by atoms with Crippen molar-refractivity contribution in [3.8, 4) is 0 Å². The Labute approximate surface area is 265 Å². The van der Waals surface area contributed by atoms with E-state index < -0.39 is 17.8 Å². The zero-order chi connectivity index (χ0) is 32.4. The molecule has 11 heteroatoms. The average Bonchev–Trinajstić information content (AvgIpc) is 3.48. The van der Waals surface area contributed by atoms with Crippen molar-refractivity contribution >= 4 is 23.5 Å². The lowest BCUT2D eigenvalue weighted by Crippen LogP contribution is -2.45. The van der Waals surface area contributed by atoms with Gasteiger partial charge in [-0.05, 0) is 76.3 Å². The number of hydrogen-bond acceptors (Lipinski definition) is 9. The van der Waals surface area contributed by atoms with Crippen LogP contribution >= 0.6 is 0 Å². The van der Waals surface area contributed by atoms with Crippen LogP contribution in [0.25, 0.3) is 0 Å². The quantitative estimate of drug-likeness (QED) is 0.105. The molecular formula is C34H47N3O8. The third-order valence-electron chi connectivity index (χ3n) is 7.99. The van der Waals surface area contributed by atoms with Crippen LogP contribution in [0.2, 0.25) is 0 Å². The second kappa shape index (κ2) is 16.3. The average molecular weight is 626 g/mol. The van der Waals surface area contributed by atoms with E-state index >= 15 is 0 Å². The third kappa shape index (κ3) is 10.6. The highest BCUT2D eigenvalue weighted by Crippen LogP contribution is 2.39. The standard InChI is InChI=1S/C34H47N3O8/c1-34(2,3)45-32(41)28-8-7-19-37(28)21-27-20-29(24-13-11-23(22-38)12-14-24)44-33(43-27)25-15-17-26(18-16-25)35-30(39)9-5-4-6-10-31(40)36-42/h11-18,27-29,33,38,42H,4-10,19-22H2,1-3H3,(H,35,39)(H,36,40)/t27-,28-,29+,33+/m0/s1. The molecular weight excluding hydrogens is 578 g/mol. The number of unbranched alkanes of at least 4 members (excludes halogenated alkanes) is 2. The molecule has 2 aromatic carbocycles. The van der Waals surface area contributed by atoms with E-state index in [1.807, 2.05) is 69.3 Å². The van der Waals surface area contributed by atoms with E-state index in [4.69, 9.17) is 19.4 Å². The number of esters is 1. The monoisotopic (exact) mass is 625 g/mol. The Balaban J connectivity index is 1.40. The summed E-state index contributed by atoms with van der Waals surface area (Å²) in [6.45, 7) is 6.96. The highest BCUT2D eigenvalue weighted by Gasteiger charge is 2.38. The lowest BCUT2D eigenvalue weighted by atomic mass is 9.99. The van der Waals surface area contributed by atoms with Crippen LogP contribution in [0.3, 0.4) is 0 Å². The molecule has 0 unspecified atom stereocenters. The fourth-order valence-electron chi connectivity index (χ4n) is 5.73. The second-order valence-electron chi connectivity index (χ2n) is 12.8. The van der Waals surface area contributed by atoms with Crippen molar-refractivity contribution in [2.45, 2.75) is 109 Å². The van der Waals surface area contributed by atoms with Crippen LogP contribution in [0, 0.1) is 0 Å². The summed E-state index contributed by atoms with van der Waals surface area (Å²) in [5, 5.41) is 21.0. The number of aliphatic hydroxyl groups excluding tert-OH is 1. The summed E-state index contributed by atoms with van der Waals surface area (Å²) >= 11 is 0. The number of rotatable bonds is 13. The molecule has 45 heavy (non-hydrogen) atoms. The molecule has 0 aromatic heterocycles. The zero-order valence-corrected chi connectivity index (χ0v) is 26.5. The van der Waals surface area contributed by atoms with Gasteiger partial charge in [0.1, 0.15) is 11.6 Å².